The van der Waals surface area contributed by atoms with E-state index in [4.69, 9.17) is 11.6 Å². The van der Waals surface area contributed by atoms with Crippen LogP contribution in [0.15, 0.2) is 42.5 Å². The molecule has 0 aromatic heterocycles. The van der Waals surface area contributed by atoms with Crippen molar-refractivity contribution >= 4 is 23.0 Å². The van der Waals surface area contributed by atoms with E-state index in [-0.39, 0.29) is 5.78 Å². The number of ketones is 1. The first-order valence-corrected chi connectivity index (χ1v) is 11.3. The minimum absolute atomic E-state index is 0.0586. The van der Waals surface area contributed by atoms with E-state index in [2.05, 4.69) is 22.8 Å². The third-order valence-corrected chi connectivity index (χ3v) is 7.27. The Morgan fingerprint density at radius 3 is 2.66 bits per heavy atom. The average molecular weight is 458 g/mol. The van der Waals surface area contributed by atoms with Crippen LogP contribution in [-0.4, -0.2) is 31.5 Å². The molecule has 2 N–H and O–H groups in total. The molecule has 1 saturated heterocycles. The molecular formula is C26H28ClF2N2O. The standard InChI is InChI=1S/C26H28ClF2N2O/c1-25(2,3)26(15-30-14-21(26)20-9-8-19(28)13-22(20)29)24(32)23-12-17(10-11-31-23)16-4-6-18(27)7-5-16/h4,6-10,13,21,23,30-31H,11-12,14-15H2,1-3H3/t21-,23?,26+/m0/s1. The first kappa shape index (κ1) is 23.1. The predicted octanol–water partition coefficient (Wildman–Crippen LogP) is 5.15. The van der Waals surface area contributed by atoms with Gasteiger partial charge in [-0.25, -0.2) is 8.78 Å². The summed E-state index contributed by atoms with van der Waals surface area (Å²) in [5, 5.41) is 7.30. The molecule has 0 aliphatic carbocycles. The molecule has 2 aliphatic rings. The highest BCUT2D eigenvalue weighted by Crippen LogP contribution is 2.53. The van der Waals surface area contributed by atoms with Gasteiger partial charge in [-0.2, -0.15) is 0 Å². The first-order chi connectivity index (χ1) is 15.1. The zero-order valence-electron chi connectivity index (χ0n) is 18.6. The Hall–Kier alpha value is -2.08. The van der Waals surface area contributed by atoms with E-state index in [1.165, 1.54) is 12.1 Å². The predicted molar refractivity (Wildman–Crippen MR) is 124 cm³/mol. The summed E-state index contributed by atoms with van der Waals surface area (Å²) in [7, 11) is 0. The molecule has 0 saturated carbocycles. The van der Waals surface area contributed by atoms with E-state index in [0.29, 0.717) is 36.6 Å². The van der Waals surface area contributed by atoms with Gasteiger partial charge in [0.15, 0.2) is 5.78 Å². The maximum Gasteiger partial charge on any atom is 0.158 e. The van der Waals surface area contributed by atoms with Crippen LogP contribution >= 0.6 is 11.6 Å². The molecule has 2 aromatic carbocycles. The molecule has 32 heavy (non-hydrogen) atoms. The van der Waals surface area contributed by atoms with Crippen molar-refractivity contribution in [2.24, 2.45) is 10.8 Å². The number of benzene rings is 2. The van der Waals surface area contributed by atoms with Crippen molar-refractivity contribution in [3.05, 3.63) is 76.3 Å². The zero-order chi connectivity index (χ0) is 23.1. The molecule has 1 radical (unpaired) electrons. The minimum Gasteiger partial charge on any atom is -0.315 e. The molecule has 2 aromatic rings. The van der Waals surface area contributed by atoms with Crippen LogP contribution in [0, 0.1) is 28.5 Å². The summed E-state index contributed by atoms with van der Waals surface area (Å²) >= 11 is 6.00. The number of carbonyl (C=O) groups is 1. The summed E-state index contributed by atoms with van der Waals surface area (Å²) in [6.45, 7) is 7.55. The number of rotatable bonds is 4. The highest BCUT2D eigenvalue weighted by molar-refractivity contribution is 6.30. The maximum absolute atomic E-state index is 14.8. The second kappa shape index (κ2) is 8.69. The lowest BCUT2D eigenvalue weighted by Gasteiger charge is -2.47. The van der Waals surface area contributed by atoms with Crippen molar-refractivity contribution in [1.82, 2.24) is 10.6 Å². The van der Waals surface area contributed by atoms with E-state index < -0.39 is 34.4 Å². The van der Waals surface area contributed by atoms with Gasteiger partial charge >= 0.3 is 0 Å². The zero-order valence-corrected chi connectivity index (χ0v) is 19.3. The summed E-state index contributed by atoms with van der Waals surface area (Å²) in [5.41, 5.74) is 1.05. The normalized spacial score (nSPS) is 26.1. The number of hydrogen-bond donors (Lipinski definition) is 2. The third-order valence-electron chi connectivity index (χ3n) is 7.04. The van der Waals surface area contributed by atoms with Crippen molar-refractivity contribution in [3.63, 3.8) is 0 Å². The number of halogens is 3. The summed E-state index contributed by atoms with van der Waals surface area (Å²) in [6, 6.07) is 11.9. The summed E-state index contributed by atoms with van der Waals surface area (Å²) in [6.07, 6.45) is 2.59. The van der Waals surface area contributed by atoms with E-state index in [1.54, 1.807) is 6.07 Å². The van der Waals surface area contributed by atoms with Crippen LogP contribution in [0.4, 0.5) is 8.78 Å². The topological polar surface area (TPSA) is 41.1 Å². The largest absolute Gasteiger partial charge is 0.315 e. The molecule has 0 spiro atoms. The Bertz CT molecular complexity index is 1040. The lowest BCUT2D eigenvalue weighted by atomic mass is 9.56. The first-order valence-electron chi connectivity index (χ1n) is 10.9. The van der Waals surface area contributed by atoms with Crippen LogP contribution in [0.3, 0.4) is 0 Å². The molecule has 2 heterocycles. The Morgan fingerprint density at radius 1 is 1.22 bits per heavy atom. The fourth-order valence-corrected chi connectivity index (χ4v) is 5.43. The monoisotopic (exact) mass is 457 g/mol. The van der Waals surface area contributed by atoms with Crippen LogP contribution in [0.2, 0.25) is 5.02 Å². The van der Waals surface area contributed by atoms with Gasteiger partial charge in [0.05, 0.1) is 11.5 Å². The van der Waals surface area contributed by atoms with Gasteiger partial charge in [0.1, 0.15) is 11.6 Å². The van der Waals surface area contributed by atoms with Gasteiger partial charge in [-0.3, -0.25) is 4.79 Å². The van der Waals surface area contributed by atoms with Crippen LogP contribution in [0.5, 0.6) is 0 Å². The molecule has 3 nitrogen and oxygen atoms in total. The van der Waals surface area contributed by atoms with Crippen molar-refractivity contribution in [2.45, 2.75) is 39.2 Å². The van der Waals surface area contributed by atoms with Gasteiger partial charge in [0, 0.05) is 36.6 Å². The molecule has 1 unspecified atom stereocenters. The molecular weight excluding hydrogens is 430 g/mol. The highest BCUT2D eigenvalue weighted by Gasteiger charge is 2.58. The number of nitrogens with one attached hydrogen (secondary N) is 2. The fraction of sp³-hybridized carbons (Fsp3) is 0.423. The minimum atomic E-state index is -0.852. The molecule has 2 aliphatic heterocycles. The van der Waals surface area contributed by atoms with Gasteiger partial charge in [0.25, 0.3) is 0 Å². The molecule has 1 fully saturated rings. The summed E-state index contributed by atoms with van der Waals surface area (Å²) in [5.74, 6) is -1.56. The number of carbonyl (C=O) groups excluding carboxylic acids is 1. The maximum atomic E-state index is 14.8. The Kier molecular flexibility index (Phi) is 6.27. The SMILES string of the molecule is CC(C)(C)[C@]1(C(=O)C2CC(c3[c]cc(Cl)cc3)=CCN2)CNC[C@H]1c1ccc(F)cc1F. The van der Waals surface area contributed by atoms with Gasteiger partial charge in [-0.15, -0.1) is 0 Å². The van der Waals surface area contributed by atoms with Crippen molar-refractivity contribution in [3.8, 4) is 0 Å². The van der Waals surface area contributed by atoms with E-state index in [1.807, 2.05) is 32.9 Å². The Labute approximate surface area is 193 Å². The fourth-order valence-electron chi connectivity index (χ4n) is 5.31. The van der Waals surface area contributed by atoms with Crippen molar-refractivity contribution < 1.29 is 13.6 Å². The van der Waals surface area contributed by atoms with Gasteiger partial charge in [0.2, 0.25) is 0 Å². The van der Waals surface area contributed by atoms with Crippen LogP contribution in [0.1, 0.15) is 44.2 Å². The van der Waals surface area contributed by atoms with Gasteiger partial charge in [-0.1, -0.05) is 50.6 Å². The molecule has 0 bridgehead atoms. The van der Waals surface area contributed by atoms with Crippen molar-refractivity contribution in [1.29, 1.82) is 0 Å². The van der Waals surface area contributed by atoms with Crippen LogP contribution in [-0.2, 0) is 4.79 Å². The van der Waals surface area contributed by atoms with Gasteiger partial charge in [-0.05, 0) is 52.8 Å². The van der Waals surface area contributed by atoms with E-state index >= 15 is 0 Å². The van der Waals surface area contributed by atoms with Crippen LogP contribution in [0.25, 0.3) is 5.57 Å². The quantitative estimate of drug-likeness (QED) is 0.667. The molecule has 4 rings (SSSR count). The second-order valence-electron chi connectivity index (χ2n) is 9.75. The summed E-state index contributed by atoms with van der Waals surface area (Å²) < 4.78 is 28.4. The van der Waals surface area contributed by atoms with Crippen LogP contribution < -0.4 is 10.6 Å². The molecule has 169 valence electrons. The number of Topliss-reactive ketones (excluding diaryl/α,β-unsaturated/α-hetero) is 1. The van der Waals surface area contributed by atoms with Gasteiger partial charge < -0.3 is 10.6 Å². The van der Waals surface area contributed by atoms with Crippen molar-refractivity contribution in [2.75, 3.05) is 19.6 Å². The highest BCUT2D eigenvalue weighted by atomic mass is 35.5. The molecule has 0 amide bonds. The average Bonchev–Trinajstić information content (AvgIpc) is 3.20. The van der Waals surface area contributed by atoms with E-state index in [0.717, 1.165) is 17.2 Å². The smallest absolute Gasteiger partial charge is 0.158 e. The van der Waals surface area contributed by atoms with E-state index in [9.17, 15) is 13.6 Å². The lowest BCUT2D eigenvalue weighted by molar-refractivity contribution is -0.137. The molecule has 3 atom stereocenters. The summed E-state index contributed by atoms with van der Waals surface area (Å²) in [4.78, 5) is 14.2. The number of hydrogen-bond acceptors (Lipinski definition) is 3. The lowest BCUT2D eigenvalue weighted by Crippen LogP contribution is -2.56. The second-order valence-corrected chi connectivity index (χ2v) is 10.2. The third kappa shape index (κ3) is 4.02. The Morgan fingerprint density at radius 2 is 2.00 bits per heavy atom. The molecule has 6 heteroatoms. The Balaban J connectivity index is 1.69.